The molecule has 2 aromatic carbocycles. The van der Waals surface area contributed by atoms with Crippen LogP contribution >= 0.6 is 0 Å². The zero-order chi connectivity index (χ0) is 19.7. The van der Waals surface area contributed by atoms with Gasteiger partial charge in [-0.3, -0.25) is 4.79 Å². The molecule has 142 valence electrons. The first-order chi connectivity index (χ1) is 13.5. The van der Waals surface area contributed by atoms with E-state index in [1.165, 1.54) is 0 Å². The Labute approximate surface area is 164 Å². The van der Waals surface area contributed by atoms with E-state index in [-0.39, 0.29) is 12.5 Å². The van der Waals surface area contributed by atoms with Crippen molar-refractivity contribution in [2.75, 3.05) is 23.9 Å². The topological polar surface area (TPSA) is 93.4 Å². The Bertz CT molecular complexity index is 1140. The average Bonchev–Trinajstić information content (AvgIpc) is 2.71. The Balaban J connectivity index is 1.64. The highest BCUT2D eigenvalue weighted by Crippen LogP contribution is 2.35. The van der Waals surface area contributed by atoms with Crippen LogP contribution in [0.1, 0.15) is 0 Å². The van der Waals surface area contributed by atoms with E-state index in [1.807, 2.05) is 48.5 Å². The third-order valence-corrected chi connectivity index (χ3v) is 5.16. The molecule has 3 aromatic rings. The molecule has 1 amide bonds. The van der Waals surface area contributed by atoms with Crippen LogP contribution in [-0.2, 0) is 15.3 Å². The lowest BCUT2D eigenvalue weighted by molar-refractivity contribution is -0.120. The molecule has 0 bridgehead atoms. The van der Waals surface area contributed by atoms with Crippen molar-refractivity contribution in [3.63, 3.8) is 0 Å². The molecule has 1 aromatic heterocycles. The molecule has 1 aliphatic heterocycles. The minimum absolute atomic E-state index is 0.0521. The number of aromatic nitrogens is 2. The number of ether oxygens (including phenoxy) is 1. The van der Waals surface area contributed by atoms with Gasteiger partial charge in [0.05, 0.1) is 11.4 Å². The maximum atomic E-state index is 11.9. The number of amides is 1. The first-order valence-electron chi connectivity index (χ1n) is 8.48. The fourth-order valence-electron chi connectivity index (χ4n) is 2.86. The molecule has 0 aliphatic carbocycles. The molecule has 0 saturated carbocycles. The number of carbonyl (C=O) groups is 1. The third-order valence-electron chi connectivity index (χ3n) is 4.36. The van der Waals surface area contributed by atoms with E-state index in [0.29, 0.717) is 17.4 Å². The first kappa shape index (κ1) is 18.1. The van der Waals surface area contributed by atoms with Crippen molar-refractivity contribution in [1.29, 1.82) is 0 Å². The predicted octanol–water partition coefficient (Wildman–Crippen LogP) is 2.68. The Kier molecular flexibility index (Phi) is 4.75. The lowest BCUT2D eigenvalue weighted by Gasteiger charge is -2.26. The number of likely N-dealkylation sites (N-methyl/N-ethyl adjacent to an activating group) is 1. The first-order valence-corrected chi connectivity index (χ1v) is 9.83. The summed E-state index contributed by atoms with van der Waals surface area (Å²) < 4.78 is 5.47. The van der Waals surface area contributed by atoms with Crippen molar-refractivity contribution in [2.24, 2.45) is 5.14 Å². The standard InChI is InChI=1S/C20H18N5O2S/c1-25-17-10-13(6-7-18(17)27-12-19(25)26)16-8-9-22-20(24-16)23-14-4-3-5-15(11-14)28(2)21/h2-11H,12,21H2,1H3,(H,22,23,24)/q-1. The van der Waals surface area contributed by atoms with Gasteiger partial charge in [0.2, 0.25) is 5.95 Å². The third kappa shape index (κ3) is 3.57. The van der Waals surface area contributed by atoms with Crippen LogP contribution in [-0.4, -0.2) is 29.5 Å². The second-order valence-corrected chi connectivity index (χ2v) is 7.43. The summed E-state index contributed by atoms with van der Waals surface area (Å²) in [6.07, 6.45) is 1.68. The number of fused-ring (bicyclic) bond motifs is 1. The number of carbonyl (C=O) groups excluding carboxylic acids is 1. The highest BCUT2D eigenvalue weighted by molar-refractivity contribution is 7.84. The Hall–Kier alpha value is -3.32. The van der Waals surface area contributed by atoms with Crippen molar-refractivity contribution in [2.45, 2.75) is 4.90 Å². The van der Waals surface area contributed by atoms with Crippen molar-refractivity contribution < 1.29 is 9.53 Å². The van der Waals surface area contributed by atoms with E-state index in [1.54, 1.807) is 18.1 Å². The zero-order valence-corrected chi connectivity index (χ0v) is 15.9. The molecule has 0 fully saturated rings. The number of hydrogen-bond acceptors (Lipinski definition) is 7. The maximum absolute atomic E-state index is 11.9. The quantitative estimate of drug-likeness (QED) is 0.666. The van der Waals surface area contributed by atoms with Gasteiger partial charge in [-0.15, -0.1) is 4.90 Å². The number of anilines is 3. The fraction of sp³-hybridized carbons (Fsp3) is 0.100. The van der Waals surface area contributed by atoms with Gasteiger partial charge in [-0.05, 0) is 30.3 Å². The molecule has 0 atom stereocenters. The van der Waals surface area contributed by atoms with E-state index in [4.69, 9.17) is 15.6 Å². The van der Waals surface area contributed by atoms with Gasteiger partial charge in [0.1, 0.15) is 5.75 Å². The summed E-state index contributed by atoms with van der Waals surface area (Å²) in [6.45, 7) is 0.0521. The smallest absolute Gasteiger partial charge is 0.264 e. The van der Waals surface area contributed by atoms with Gasteiger partial charge in [0.25, 0.3) is 5.91 Å². The van der Waals surface area contributed by atoms with Crippen LogP contribution < -0.4 is 20.1 Å². The molecular weight excluding hydrogens is 374 g/mol. The van der Waals surface area contributed by atoms with Crippen molar-refractivity contribution >= 4 is 33.7 Å². The number of hydrogen-bond donors (Lipinski definition) is 2. The van der Waals surface area contributed by atoms with Gasteiger partial charge in [-0.2, -0.15) is 0 Å². The van der Waals surface area contributed by atoms with Crippen molar-refractivity contribution in [3.05, 3.63) is 54.7 Å². The van der Waals surface area contributed by atoms with Gasteiger partial charge in [0, 0.05) is 24.5 Å². The van der Waals surface area contributed by atoms with E-state index in [0.717, 1.165) is 21.8 Å². The number of nitrogens with one attached hydrogen (secondary N) is 1. The Morgan fingerprint density at radius 1 is 1.25 bits per heavy atom. The van der Waals surface area contributed by atoms with E-state index < -0.39 is 10.5 Å². The van der Waals surface area contributed by atoms with E-state index in [9.17, 15) is 4.79 Å². The molecule has 28 heavy (non-hydrogen) atoms. The van der Waals surface area contributed by atoms with Crippen molar-refractivity contribution in [3.8, 4) is 22.7 Å². The zero-order valence-electron chi connectivity index (χ0n) is 15.1. The molecule has 0 radical (unpaired) electrons. The van der Waals surface area contributed by atoms with Crippen molar-refractivity contribution in [1.82, 2.24) is 9.97 Å². The van der Waals surface area contributed by atoms with E-state index >= 15 is 0 Å². The fourth-order valence-corrected chi connectivity index (χ4v) is 3.36. The molecule has 4 rings (SSSR count). The summed E-state index contributed by atoms with van der Waals surface area (Å²) in [5.41, 5.74) is 8.85. The molecular formula is C20H18N5O2S-. The molecule has 0 spiro atoms. The van der Waals surface area contributed by atoms with Crippen LogP contribution in [0.5, 0.6) is 5.75 Å². The minimum atomic E-state index is -0.814. The summed E-state index contributed by atoms with van der Waals surface area (Å²) in [7, 11) is 0.918. The maximum Gasteiger partial charge on any atom is 0.264 e. The van der Waals surface area contributed by atoms with Crippen LogP contribution in [0.2, 0.25) is 0 Å². The van der Waals surface area contributed by atoms with Crippen LogP contribution in [0.25, 0.3) is 11.3 Å². The lowest BCUT2D eigenvalue weighted by Crippen LogP contribution is -2.35. The van der Waals surface area contributed by atoms with Gasteiger partial charge in [-0.1, -0.05) is 18.2 Å². The Morgan fingerprint density at radius 2 is 2.11 bits per heavy atom. The van der Waals surface area contributed by atoms with Crippen LogP contribution in [0.4, 0.5) is 17.3 Å². The van der Waals surface area contributed by atoms with Crippen LogP contribution in [0.3, 0.4) is 0 Å². The second kappa shape index (κ2) is 7.36. The van der Waals surface area contributed by atoms with Gasteiger partial charge in [-0.25, -0.2) is 9.97 Å². The largest absolute Gasteiger partial charge is 0.482 e. The highest BCUT2D eigenvalue weighted by Gasteiger charge is 2.22. The number of nitrogens with two attached hydrogens (primary N) is 1. The minimum Gasteiger partial charge on any atom is -0.482 e. The van der Waals surface area contributed by atoms with E-state index in [2.05, 4.69) is 15.3 Å². The number of nitrogens with zero attached hydrogens (tertiary/aromatic N) is 3. The average molecular weight is 392 g/mol. The van der Waals surface area contributed by atoms with Gasteiger partial charge < -0.3 is 36.3 Å². The molecule has 2 heterocycles. The van der Waals surface area contributed by atoms with Crippen LogP contribution in [0, 0.1) is 5.69 Å². The summed E-state index contributed by atoms with van der Waals surface area (Å²) in [5, 5.41) is 8.93. The highest BCUT2D eigenvalue weighted by atomic mass is 32.2. The number of rotatable bonds is 3. The molecule has 0 saturated heterocycles. The molecule has 3 N–H and O–H groups in total. The second-order valence-electron chi connectivity index (χ2n) is 6.21. The lowest BCUT2D eigenvalue weighted by atomic mass is 10.1. The monoisotopic (exact) mass is 392 g/mol. The SMILES string of the molecule is C#[S-](N)c1cccc(Nc2nccc(-c3ccc4c(c3)N(C)C(=O)CO4)n2)c1. The molecule has 7 nitrogen and oxygen atoms in total. The summed E-state index contributed by atoms with van der Waals surface area (Å²) in [6, 6.07) is 15.0. The Morgan fingerprint density at radius 3 is 2.93 bits per heavy atom. The van der Waals surface area contributed by atoms with Gasteiger partial charge >= 0.3 is 0 Å². The summed E-state index contributed by atoms with van der Waals surface area (Å²) in [4.78, 5) is 23.2. The summed E-state index contributed by atoms with van der Waals surface area (Å²) in [5.74, 6) is 1.03. The molecule has 0 unspecified atom stereocenters. The summed E-state index contributed by atoms with van der Waals surface area (Å²) >= 11 is 0. The predicted molar refractivity (Wildman–Crippen MR) is 111 cm³/mol. The number of benzene rings is 2. The molecule has 8 heteroatoms. The van der Waals surface area contributed by atoms with Gasteiger partial charge in [0.15, 0.2) is 6.61 Å². The molecule has 1 aliphatic rings. The normalized spacial score (nSPS) is 13.2. The van der Waals surface area contributed by atoms with Crippen LogP contribution in [0.15, 0.2) is 59.6 Å².